The summed E-state index contributed by atoms with van der Waals surface area (Å²) in [4.78, 5) is 25.5. The van der Waals surface area contributed by atoms with E-state index in [-0.39, 0.29) is 45.9 Å². The van der Waals surface area contributed by atoms with Crippen LogP contribution in [0.1, 0.15) is 13.8 Å². The number of halogens is 2. The van der Waals surface area contributed by atoms with Crippen LogP contribution in [0.25, 0.3) is 32.8 Å². The van der Waals surface area contributed by atoms with Crippen molar-refractivity contribution in [3.63, 3.8) is 0 Å². The Morgan fingerprint density at radius 3 is 2.64 bits per heavy atom. The molecule has 1 saturated heterocycles. The number of fused-ring (bicyclic) bond motifs is 2. The fourth-order valence-electron chi connectivity index (χ4n) is 5.66. The third-order valence-electron chi connectivity index (χ3n) is 7.69. The Morgan fingerprint density at radius 1 is 1.12 bits per heavy atom. The fraction of sp³-hybridized carbons (Fsp3) is 0.219. The molecule has 0 bridgehead atoms. The number of anilines is 1. The SMILES string of the molecule is C=CC(=O)N1C[C@H](C)N(c2nc(Oc3ccn(C)c3)nc3c(F)c(-c4cc(O)cc5ccccc45)c(Cl)cc23)C[C@H]1C. The number of amides is 1. The molecule has 0 spiro atoms. The molecule has 214 valence electrons. The van der Waals surface area contributed by atoms with E-state index in [0.717, 1.165) is 10.8 Å². The number of piperazine rings is 1. The van der Waals surface area contributed by atoms with Crippen LogP contribution >= 0.6 is 11.6 Å². The zero-order chi connectivity index (χ0) is 29.7. The smallest absolute Gasteiger partial charge is 0.324 e. The number of carbonyl (C=O) groups is 1. The molecule has 2 aromatic heterocycles. The average molecular weight is 586 g/mol. The number of phenolic OH excluding ortho intramolecular Hbond substituents is 1. The lowest BCUT2D eigenvalue weighted by Gasteiger charge is -2.44. The predicted octanol–water partition coefficient (Wildman–Crippen LogP) is 6.69. The molecule has 1 fully saturated rings. The topological polar surface area (TPSA) is 83.7 Å². The first kappa shape index (κ1) is 27.5. The Hall–Kier alpha value is -4.63. The molecule has 3 heterocycles. The number of hydrogen-bond donors (Lipinski definition) is 1. The van der Waals surface area contributed by atoms with Gasteiger partial charge in [-0.05, 0) is 60.5 Å². The quantitative estimate of drug-likeness (QED) is 0.231. The van der Waals surface area contributed by atoms with Crippen LogP contribution in [-0.2, 0) is 11.8 Å². The van der Waals surface area contributed by atoms with E-state index in [9.17, 15) is 9.90 Å². The molecule has 3 aromatic carbocycles. The van der Waals surface area contributed by atoms with Crippen molar-refractivity contribution in [2.75, 3.05) is 18.0 Å². The van der Waals surface area contributed by atoms with Crippen LogP contribution in [0.4, 0.5) is 10.2 Å². The molecule has 1 aliphatic rings. The molecule has 1 amide bonds. The molecule has 42 heavy (non-hydrogen) atoms. The van der Waals surface area contributed by atoms with E-state index in [1.807, 2.05) is 60.8 Å². The van der Waals surface area contributed by atoms with Crippen LogP contribution in [0.3, 0.4) is 0 Å². The van der Waals surface area contributed by atoms with Crippen LogP contribution in [-0.4, -0.2) is 55.6 Å². The highest BCUT2D eigenvalue weighted by atomic mass is 35.5. The van der Waals surface area contributed by atoms with Gasteiger partial charge < -0.3 is 24.2 Å². The number of rotatable bonds is 5. The number of ether oxygens (including phenoxy) is 1. The number of aromatic hydroxyl groups is 1. The normalized spacial score (nSPS) is 17.2. The van der Waals surface area contributed by atoms with Crippen LogP contribution in [0.15, 0.2) is 73.6 Å². The molecule has 0 saturated carbocycles. The minimum absolute atomic E-state index is 0.00880. The van der Waals surface area contributed by atoms with Crippen molar-refractivity contribution in [3.05, 3.63) is 84.4 Å². The van der Waals surface area contributed by atoms with Gasteiger partial charge in [0.15, 0.2) is 5.82 Å². The van der Waals surface area contributed by atoms with Crippen molar-refractivity contribution >= 4 is 45.0 Å². The molecule has 1 aliphatic heterocycles. The molecule has 6 rings (SSSR count). The van der Waals surface area contributed by atoms with Crippen molar-refractivity contribution < 1.29 is 19.0 Å². The molecule has 0 radical (unpaired) electrons. The molecule has 0 unspecified atom stereocenters. The number of carbonyl (C=O) groups excluding carboxylic acids is 1. The largest absolute Gasteiger partial charge is 0.508 e. The Balaban J connectivity index is 1.56. The van der Waals surface area contributed by atoms with E-state index < -0.39 is 5.82 Å². The maximum Gasteiger partial charge on any atom is 0.324 e. The lowest BCUT2D eigenvalue weighted by Crippen LogP contribution is -2.58. The highest BCUT2D eigenvalue weighted by Crippen LogP contribution is 2.43. The minimum atomic E-state index is -0.656. The van der Waals surface area contributed by atoms with Crippen molar-refractivity contribution in [3.8, 4) is 28.6 Å². The summed E-state index contributed by atoms with van der Waals surface area (Å²) >= 11 is 6.83. The monoisotopic (exact) mass is 585 g/mol. The molecular formula is C32H29ClFN5O3. The highest BCUT2D eigenvalue weighted by Gasteiger charge is 2.34. The Kier molecular flexibility index (Phi) is 6.98. The third kappa shape index (κ3) is 4.79. The zero-order valence-electron chi connectivity index (χ0n) is 23.4. The summed E-state index contributed by atoms with van der Waals surface area (Å²) in [5.41, 5.74) is 0.593. The van der Waals surface area contributed by atoms with Gasteiger partial charge in [0, 0.05) is 55.6 Å². The fourth-order valence-corrected chi connectivity index (χ4v) is 5.96. The first-order valence-electron chi connectivity index (χ1n) is 13.6. The van der Waals surface area contributed by atoms with E-state index in [1.165, 1.54) is 12.1 Å². The van der Waals surface area contributed by atoms with Gasteiger partial charge in [0.05, 0.1) is 5.02 Å². The number of nitrogens with zero attached hydrogens (tertiary/aromatic N) is 5. The standard InChI is InChI=1S/C32H29ClFN5O3/c1-5-27(41)38-15-19(3)39(16-18(38)2)31-25-14-26(33)28(24-13-21(40)12-20-8-6-7-9-23(20)24)29(34)30(25)35-32(36-31)42-22-10-11-37(4)17-22/h5-14,17-19,40H,1,15-16H2,2-4H3/t18-,19+/m1/s1. The molecule has 10 heteroatoms. The van der Waals surface area contributed by atoms with Gasteiger partial charge in [0.25, 0.3) is 0 Å². The number of aromatic nitrogens is 3. The summed E-state index contributed by atoms with van der Waals surface area (Å²) < 4.78 is 24.6. The van der Waals surface area contributed by atoms with Gasteiger partial charge in [-0.3, -0.25) is 4.79 Å². The second-order valence-corrected chi connectivity index (χ2v) is 11.1. The van der Waals surface area contributed by atoms with E-state index in [2.05, 4.69) is 11.6 Å². The Morgan fingerprint density at radius 2 is 1.90 bits per heavy atom. The predicted molar refractivity (Wildman–Crippen MR) is 163 cm³/mol. The van der Waals surface area contributed by atoms with Gasteiger partial charge in [-0.15, -0.1) is 0 Å². The maximum atomic E-state index is 16.7. The molecular weight excluding hydrogens is 557 g/mol. The summed E-state index contributed by atoms with van der Waals surface area (Å²) in [6.45, 7) is 8.42. The number of aryl methyl sites for hydroxylation is 1. The first-order chi connectivity index (χ1) is 20.1. The van der Waals surface area contributed by atoms with Gasteiger partial charge in [0.2, 0.25) is 5.91 Å². The van der Waals surface area contributed by atoms with Crippen LogP contribution in [0.2, 0.25) is 5.02 Å². The lowest BCUT2D eigenvalue weighted by atomic mass is 9.96. The number of hydrogen-bond acceptors (Lipinski definition) is 6. The second kappa shape index (κ2) is 10.6. The number of phenols is 1. The average Bonchev–Trinajstić information content (AvgIpc) is 3.37. The van der Waals surface area contributed by atoms with Crippen molar-refractivity contribution in [1.29, 1.82) is 0 Å². The molecule has 0 aliphatic carbocycles. The second-order valence-electron chi connectivity index (χ2n) is 10.6. The minimum Gasteiger partial charge on any atom is -0.508 e. The highest BCUT2D eigenvalue weighted by molar-refractivity contribution is 6.35. The van der Waals surface area contributed by atoms with Crippen LogP contribution in [0.5, 0.6) is 17.5 Å². The Labute approximate surface area is 247 Å². The molecule has 1 N–H and O–H groups in total. The van der Waals surface area contributed by atoms with Gasteiger partial charge >= 0.3 is 6.01 Å². The summed E-state index contributed by atoms with van der Waals surface area (Å²) in [6.07, 6.45) is 4.90. The van der Waals surface area contributed by atoms with Gasteiger partial charge in [0.1, 0.15) is 22.8 Å². The summed E-state index contributed by atoms with van der Waals surface area (Å²) in [5, 5.41) is 12.5. The van der Waals surface area contributed by atoms with Crippen LogP contribution < -0.4 is 9.64 Å². The third-order valence-corrected chi connectivity index (χ3v) is 7.99. The van der Waals surface area contributed by atoms with Crippen molar-refractivity contribution in [1.82, 2.24) is 19.4 Å². The molecule has 5 aromatic rings. The maximum absolute atomic E-state index is 16.7. The lowest BCUT2D eigenvalue weighted by molar-refractivity contribution is -0.128. The van der Waals surface area contributed by atoms with Gasteiger partial charge in [-0.1, -0.05) is 42.4 Å². The van der Waals surface area contributed by atoms with Gasteiger partial charge in [-0.25, -0.2) is 4.39 Å². The van der Waals surface area contributed by atoms with Crippen molar-refractivity contribution in [2.24, 2.45) is 7.05 Å². The van der Waals surface area contributed by atoms with Gasteiger partial charge in [-0.2, -0.15) is 9.97 Å². The van der Waals surface area contributed by atoms with E-state index in [4.69, 9.17) is 21.3 Å². The molecule has 2 atom stereocenters. The summed E-state index contributed by atoms with van der Waals surface area (Å²) in [7, 11) is 1.86. The number of benzene rings is 3. The van der Waals surface area contributed by atoms with Crippen LogP contribution in [0, 0.1) is 5.82 Å². The summed E-state index contributed by atoms with van der Waals surface area (Å²) in [6, 6.07) is 13.6. The zero-order valence-corrected chi connectivity index (χ0v) is 24.1. The van der Waals surface area contributed by atoms with E-state index >= 15 is 4.39 Å². The first-order valence-corrected chi connectivity index (χ1v) is 13.9. The van der Waals surface area contributed by atoms with E-state index in [1.54, 1.807) is 29.3 Å². The summed E-state index contributed by atoms with van der Waals surface area (Å²) in [5.74, 6) is 0.136. The Bertz CT molecular complexity index is 1870. The van der Waals surface area contributed by atoms with E-state index in [0.29, 0.717) is 35.6 Å². The molecule has 8 nitrogen and oxygen atoms in total. The van der Waals surface area contributed by atoms with Crippen molar-refractivity contribution in [2.45, 2.75) is 25.9 Å².